The van der Waals surface area contributed by atoms with Crippen molar-refractivity contribution in [2.24, 2.45) is 0 Å². The summed E-state index contributed by atoms with van der Waals surface area (Å²) in [6.45, 7) is 1.67. The molecule has 0 aromatic carbocycles. The minimum absolute atomic E-state index is 0.238. The molecule has 1 saturated carbocycles. The molecule has 1 atom stereocenters. The van der Waals surface area contributed by atoms with Crippen LogP contribution in [0.15, 0.2) is 0 Å². The number of ether oxygens (including phenoxy) is 1. The summed E-state index contributed by atoms with van der Waals surface area (Å²) in [5.41, 5.74) is 0.238. The third-order valence-electron chi connectivity index (χ3n) is 3.67. The molecule has 2 fully saturated rings. The molecule has 1 heterocycles. The van der Waals surface area contributed by atoms with Gasteiger partial charge in [0.25, 0.3) is 0 Å². The van der Waals surface area contributed by atoms with Crippen molar-refractivity contribution in [3.8, 4) is 0 Å². The summed E-state index contributed by atoms with van der Waals surface area (Å²) in [5.74, 6) is 0.293. The Hall–Kier alpha value is -0.370. The molecule has 14 heavy (non-hydrogen) atoms. The van der Waals surface area contributed by atoms with E-state index in [2.05, 4.69) is 0 Å². The average Bonchev–Trinajstić information content (AvgIpc) is 2.74. The maximum absolute atomic E-state index is 10.9. The summed E-state index contributed by atoms with van der Waals surface area (Å²) in [4.78, 5) is 10.9. The molecule has 0 amide bonds. The predicted molar refractivity (Wildman–Crippen MR) is 55.2 cm³/mol. The first-order valence-electron chi connectivity index (χ1n) is 5.87. The fourth-order valence-corrected chi connectivity index (χ4v) is 2.85. The van der Waals surface area contributed by atoms with Crippen LogP contribution in [0.4, 0.5) is 0 Å². The first-order valence-corrected chi connectivity index (χ1v) is 5.87. The Labute approximate surface area is 86.0 Å². The summed E-state index contributed by atoms with van der Waals surface area (Å²) in [7, 11) is 0. The van der Waals surface area contributed by atoms with E-state index in [1.54, 1.807) is 6.92 Å². The Kier molecular flexibility index (Phi) is 2.91. The van der Waals surface area contributed by atoms with Crippen LogP contribution < -0.4 is 0 Å². The Balaban J connectivity index is 1.79. The van der Waals surface area contributed by atoms with Gasteiger partial charge >= 0.3 is 0 Å². The molecule has 1 spiro atoms. The second kappa shape index (κ2) is 4.01. The number of hydrogen-bond acceptors (Lipinski definition) is 2. The van der Waals surface area contributed by atoms with Gasteiger partial charge in [-0.05, 0) is 39.0 Å². The molecule has 1 aliphatic heterocycles. The molecule has 2 rings (SSSR count). The highest BCUT2D eigenvalue weighted by Gasteiger charge is 2.41. The third-order valence-corrected chi connectivity index (χ3v) is 3.67. The molecule has 1 unspecified atom stereocenters. The van der Waals surface area contributed by atoms with Crippen LogP contribution in [0.2, 0.25) is 0 Å². The molecule has 0 radical (unpaired) electrons. The maximum atomic E-state index is 10.9. The first kappa shape index (κ1) is 10.2. The van der Waals surface area contributed by atoms with Gasteiger partial charge in [-0.25, -0.2) is 0 Å². The van der Waals surface area contributed by atoms with Crippen LogP contribution in [0, 0.1) is 0 Å². The van der Waals surface area contributed by atoms with Crippen molar-refractivity contribution in [1.29, 1.82) is 0 Å². The van der Waals surface area contributed by atoms with E-state index in [1.807, 2.05) is 0 Å². The van der Waals surface area contributed by atoms with Gasteiger partial charge in [-0.15, -0.1) is 0 Å². The Bertz CT molecular complexity index is 216. The van der Waals surface area contributed by atoms with Crippen LogP contribution in [0.3, 0.4) is 0 Å². The van der Waals surface area contributed by atoms with E-state index in [4.69, 9.17) is 4.74 Å². The van der Waals surface area contributed by atoms with Crippen LogP contribution in [0.1, 0.15) is 58.3 Å². The third kappa shape index (κ3) is 2.17. The van der Waals surface area contributed by atoms with E-state index >= 15 is 0 Å². The smallest absolute Gasteiger partial charge is 0.129 e. The van der Waals surface area contributed by atoms with Crippen LogP contribution in [-0.4, -0.2) is 17.5 Å². The molecule has 1 aliphatic carbocycles. The van der Waals surface area contributed by atoms with Gasteiger partial charge in [0.1, 0.15) is 5.78 Å². The Morgan fingerprint density at radius 3 is 2.71 bits per heavy atom. The van der Waals surface area contributed by atoms with Crippen molar-refractivity contribution in [2.75, 3.05) is 0 Å². The lowest BCUT2D eigenvalue weighted by Crippen LogP contribution is -2.24. The van der Waals surface area contributed by atoms with Crippen molar-refractivity contribution in [3.63, 3.8) is 0 Å². The monoisotopic (exact) mass is 196 g/mol. The average molecular weight is 196 g/mol. The molecule has 1 saturated heterocycles. The summed E-state index contributed by atoms with van der Waals surface area (Å²) < 4.78 is 6.11. The van der Waals surface area contributed by atoms with Gasteiger partial charge in [0.05, 0.1) is 11.7 Å². The van der Waals surface area contributed by atoms with E-state index in [0.29, 0.717) is 18.3 Å². The fraction of sp³-hybridized carbons (Fsp3) is 0.917. The number of ketones is 1. The topological polar surface area (TPSA) is 26.3 Å². The highest BCUT2D eigenvalue weighted by molar-refractivity contribution is 5.75. The van der Waals surface area contributed by atoms with Gasteiger partial charge in [-0.2, -0.15) is 0 Å². The number of carbonyl (C=O) groups excluding carboxylic acids is 1. The second-order valence-electron chi connectivity index (χ2n) is 4.91. The van der Waals surface area contributed by atoms with Gasteiger partial charge in [-0.3, -0.25) is 0 Å². The van der Waals surface area contributed by atoms with Crippen LogP contribution in [0.25, 0.3) is 0 Å². The van der Waals surface area contributed by atoms with Crippen LogP contribution in [-0.2, 0) is 9.53 Å². The zero-order chi connectivity index (χ0) is 10.0. The van der Waals surface area contributed by atoms with Crippen LogP contribution in [0.5, 0.6) is 0 Å². The Morgan fingerprint density at radius 2 is 2.07 bits per heavy atom. The maximum Gasteiger partial charge on any atom is 0.129 e. The number of hydrogen-bond donors (Lipinski definition) is 0. The number of carbonyl (C=O) groups is 1. The van der Waals surface area contributed by atoms with Crippen LogP contribution >= 0.6 is 0 Å². The normalized spacial score (nSPS) is 29.9. The molecule has 0 aromatic rings. The first-order chi connectivity index (χ1) is 6.70. The zero-order valence-corrected chi connectivity index (χ0v) is 9.05. The minimum atomic E-state index is 0.238. The molecule has 0 aromatic heterocycles. The lowest BCUT2D eigenvalue weighted by Gasteiger charge is -2.23. The van der Waals surface area contributed by atoms with Crippen molar-refractivity contribution < 1.29 is 9.53 Å². The van der Waals surface area contributed by atoms with Gasteiger partial charge in [0.2, 0.25) is 0 Å². The highest BCUT2D eigenvalue weighted by atomic mass is 16.5. The van der Waals surface area contributed by atoms with E-state index < -0.39 is 0 Å². The molecule has 0 bridgehead atoms. The lowest BCUT2D eigenvalue weighted by molar-refractivity contribution is -0.118. The van der Waals surface area contributed by atoms with Gasteiger partial charge < -0.3 is 9.53 Å². The molecule has 0 N–H and O–H groups in total. The molecular formula is C12H20O2. The van der Waals surface area contributed by atoms with Gasteiger partial charge in [0, 0.05) is 6.42 Å². The summed E-state index contributed by atoms with van der Waals surface area (Å²) in [5, 5.41) is 0. The highest BCUT2D eigenvalue weighted by Crippen LogP contribution is 2.44. The predicted octanol–water partition coefficient (Wildman–Crippen LogP) is 2.85. The van der Waals surface area contributed by atoms with Gasteiger partial charge in [0.15, 0.2) is 0 Å². The number of rotatable bonds is 3. The standard InChI is InChI=1S/C12H20O2/c1-10(13)4-5-11-6-9-12(14-11)7-2-3-8-12/h11H,2-9H2,1H3. The van der Waals surface area contributed by atoms with E-state index in [-0.39, 0.29) is 5.60 Å². The zero-order valence-electron chi connectivity index (χ0n) is 9.05. The molecule has 2 nitrogen and oxygen atoms in total. The Morgan fingerprint density at radius 1 is 1.36 bits per heavy atom. The van der Waals surface area contributed by atoms with Gasteiger partial charge in [-0.1, -0.05) is 12.8 Å². The van der Waals surface area contributed by atoms with Crippen molar-refractivity contribution >= 4 is 5.78 Å². The lowest BCUT2D eigenvalue weighted by atomic mass is 9.98. The summed E-state index contributed by atoms with van der Waals surface area (Å²) in [6.07, 6.45) is 9.59. The molecule has 2 heteroatoms. The quantitative estimate of drug-likeness (QED) is 0.693. The number of Topliss-reactive ketones (excluding diaryl/α,β-unsaturated/α-hetero) is 1. The van der Waals surface area contributed by atoms with Crippen molar-refractivity contribution in [3.05, 3.63) is 0 Å². The molecule has 80 valence electrons. The molecular weight excluding hydrogens is 176 g/mol. The van der Waals surface area contributed by atoms with E-state index in [1.165, 1.54) is 38.5 Å². The minimum Gasteiger partial charge on any atom is -0.372 e. The SMILES string of the molecule is CC(=O)CCC1CCC2(CCCC2)O1. The second-order valence-corrected chi connectivity index (χ2v) is 4.91. The van der Waals surface area contributed by atoms with E-state index in [9.17, 15) is 4.79 Å². The summed E-state index contributed by atoms with van der Waals surface area (Å²) >= 11 is 0. The van der Waals surface area contributed by atoms with E-state index in [0.717, 1.165) is 6.42 Å². The van der Waals surface area contributed by atoms with Crippen molar-refractivity contribution in [2.45, 2.75) is 70.0 Å². The largest absolute Gasteiger partial charge is 0.372 e. The fourth-order valence-electron chi connectivity index (χ4n) is 2.85. The summed E-state index contributed by atoms with van der Waals surface area (Å²) in [6, 6.07) is 0. The molecule has 2 aliphatic rings. The van der Waals surface area contributed by atoms with Crippen molar-refractivity contribution in [1.82, 2.24) is 0 Å².